The molecule has 35 heavy (non-hydrogen) atoms. The van der Waals surface area contributed by atoms with Gasteiger partial charge in [-0.3, -0.25) is 0 Å². The second-order valence-electron chi connectivity index (χ2n) is 11.4. The number of benzene rings is 1. The van der Waals surface area contributed by atoms with Crippen LogP contribution in [0, 0.1) is 23.7 Å². The van der Waals surface area contributed by atoms with Crippen molar-refractivity contribution in [2.75, 3.05) is 6.61 Å². The minimum Gasteiger partial charge on any atom is -0.457 e. The Morgan fingerprint density at radius 2 is 1.89 bits per heavy atom. The molecule has 6 heteroatoms. The highest BCUT2D eigenvalue weighted by Gasteiger charge is 2.72. The number of ether oxygens (including phenoxy) is 4. The summed E-state index contributed by atoms with van der Waals surface area (Å²) in [5.41, 5.74) is -0.354. The van der Waals surface area contributed by atoms with Crippen LogP contribution in [0.4, 0.5) is 0 Å². The molecule has 4 aliphatic rings. The summed E-state index contributed by atoms with van der Waals surface area (Å²) < 4.78 is 24.9. The van der Waals surface area contributed by atoms with Gasteiger partial charge in [-0.1, -0.05) is 51.1 Å². The van der Waals surface area contributed by atoms with Crippen molar-refractivity contribution in [1.82, 2.24) is 0 Å². The standard InChI is InChI=1S/C29H38O6/c1-18(2)29-17-23(33-27(31)22-11-8-16-32-22)28(4,35-29)21-14-12-19(3)25(21)26(29)34-24(30)15-13-20-9-6-5-7-10-20/h5-7,9-10,13,15,18-19,21-23,25-26H,8,11-12,14,16-17H2,1-4H3/b15-13+/t19?,21?,22?,23?,25-,26+,28?,29?/m1/s1. The van der Waals surface area contributed by atoms with Crippen molar-refractivity contribution < 1.29 is 28.5 Å². The Kier molecular flexibility index (Phi) is 6.56. The monoisotopic (exact) mass is 482 g/mol. The third-order valence-electron chi connectivity index (χ3n) is 9.06. The van der Waals surface area contributed by atoms with Crippen LogP contribution in [0.3, 0.4) is 0 Å². The van der Waals surface area contributed by atoms with Gasteiger partial charge in [-0.2, -0.15) is 0 Å². The van der Waals surface area contributed by atoms with E-state index in [2.05, 4.69) is 27.7 Å². The number of carbonyl (C=O) groups excluding carboxylic acids is 2. The fraction of sp³-hybridized carbons (Fsp3) is 0.655. The summed E-state index contributed by atoms with van der Waals surface area (Å²) in [6, 6.07) is 9.73. The highest BCUT2D eigenvalue weighted by atomic mass is 16.6. The average molecular weight is 483 g/mol. The molecule has 6 nitrogen and oxygen atoms in total. The lowest BCUT2D eigenvalue weighted by Gasteiger charge is -2.52. The number of fused-ring (bicyclic) bond motifs is 4. The van der Waals surface area contributed by atoms with Gasteiger partial charge in [-0.15, -0.1) is 0 Å². The summed E-state index contributed by atoms with van der Waals surface area (Å²) in [7, 11) is 0. The van der Waals surface area contributed by atoms with E-state index in [-0.39, 0.29) is 35.8 Å². The van der Waals surface area contributed by atoms with Crippen LogP contribution in [-0.2, 0) is 28.5 Å². The SMILES string of the molecule is CC1CCC2[C@@H]1[C@H](OC(=O)/C=C/c1ccccc1)C1(C(C)C)CC(OC(=O)C3CCCO3)C2(C)O1. The molecule has 190 valence electrons. The zero-order valence-electron chi connectivity index (χ0n) is 21.3. The van der Waals surface area contributed by atoms with Gasteiger partial charge in [0.25, 0.3) is 0 Å². The summed E-state index contributed by atoms with van der Waals surface area (Å²) >= 11 is 0. The number of hydrogen-bond donors (Lipinski definition) is 0. The van der Waals surface area contributed by atoms with E-state index in [0.29, 0.717) is 25.4 Å². The molecule has 0 amide bonds. The van der Waals surface area contributed by atoms with Crippen molar-refractivity contribution in [1.29, 1.82) is 0 Å². The van der Waals surface area contributed by atoms with Crippen molar-refractivity contribution in [3.8, 4) is 0 Å². The average Bonchev–Trinajstić information content (AvgIpc) is 3.56. The largest absolute Gasteiger partial charge is 0.457 e. The number of carbonyl (C=O) groups is 2. The molecule has 0 radical (unpaired) electrons. The molecule has 1 aliphatic carbocycles. The van der Waals surface area contributed by atoms with E-state index in [1.807, 2.05) is 30.3 Å². The van der Waals surface area contributed by atoms with Crippen LogP contribution < -0.4 is 0 Å². The zero-order valence-corrected chi connectivity index (χ0v) is 21.3. The van der Waals surface area contributed by atoms with Crippen molar-refractivity contribution in [2.24, 2.45) is 23.7 Å². The molecule has 1 saturated carbocycles. The second kappa shape index (κ2) is 9.36. The van der Waals surface area contributed by atoms with Gasteiger partial charge in [-0.05, 0) is 62.0 Å². The molecule has 1 aromatic rings. The van der Waals surface area contributed by atoms with Crippen molar-refractivity contribution in [3.63, 3.8) is 0 Å². The third kappa shape index (κ3) is 4.23. The number of hydrogen-bond acceptors (Lipinski definition) is 6. The zero-order chi connectivity index (χ0) is 24.8. The van der Waals surface area contributed by atoms with E-state index in [4.69, 9.17) is 18.9 Å². The van der Waals surface area contributed by atoms with Gasteiger partial charge in [0.2, 0.25) is 0 Å². The van der Waals surface area contributed by atoms with Gasteiger partial charge in [0, 0.05) is 25.0 Å². The number of esters is 2. The summed E-state index contributed by atoms with van der Waals surface area (Å²) in [4.78, 5) is 26.0. The van der Waals surface area contributed by atoms with Gasteiger partial charge in [0.15, 0.2) is 6.10 Å². The molecule has 6 unspecified atom stereocenters. The molecule has 0 aromatic heterocycles. The summed E-state index contributed by atoms with van der Waals surface area (Å²) in [5.74, 6) is 0.152. The maximum Gasteiger partial charge on any atom is 0.335 e. The van der Waals surface area contributed by atoms with Crippen LogP contribution in [0.1, 0.15) is 65.4 Å². The summed E-state index contributed by atoms with van der Waals surface area (Å²) in [5, 5.41) is 0. The Morgan fingerprint density at radius 1 is 1.11 bits per heavy atom. The molecule has 0 N–H and O–H groups in total. The van der Waals surface area contributed by atoms with Crippen LogP contribution in [-0.4, -0.2) is 48.1 Å². The molecule has 1 aromatic carbocycles. The quantitative estimate of drug-likeness (QED) is 0.422. The van der Waals surface area contributed by atoms with Crippen molar-refractivity contribution in [3.05, 3.63) is 42.0 Å². The fourth-order valence-corrected chi connectivity index (χ4v) is 7.12. The topological polar surface area (TPSA) is 71.1 Å². The predicted molar refractivity (Wildman–Crippen MR) is 131 cm³/mol. The van der Waals surface area contributed by atoms with E-state index in [9.17, 15) is 9.59 Å². The minimum atomic E-state index is -0.702. The Labute approximate surface area is 208 Å². The first-order chi connectivity index (χ1) is 16.7. The van der Waals surface area contributed by atoms with E-state index in [1.165, 1.54) is 6.08 Å². The first kappa shape index (κ1) is 24.5. The first-order valence-electron chi connectivity index (χ1n) is 13.2. The Balaban J connectivity index is 1.43. The first-order valence-corrected chi connectivity index (χ1v) is 13.2. The highest BCUT2D eigenvalue weighted by molar-refractivity contribution is 5.87. The molecule has 4 fully saturated rings. The van der Waals surface area contributed by atoms with Gasteiger partial charge in [0.1, 0.15) is 23.4 Å². The van der Waals surface area contributed by atoms with Gasteiger partial charge >= 0.3 is 11.9 Å². The molecular weight excluding hydrogens is 444 g/mol. The second-order valence-corrected chi connectivity index (χ2v) is 11.4. The Morgan fingerprint density at radius 3 is 2.57 bits per heavy atom. The van der Waals surface area contributed by atoms with Gasteiger partial charge in [-0.25, -0.2) is 9.59 Å². The van der Waals surface area contributed by atoms with Crippen LogP contribution in [0.15, 0.2) is 36.4 Å². The molecule has 3 saturated heterocycles. The smallest absolute Gasteiger partial charge is 0.335 e. The van der Waals surface area contributed by atoms with E-state index >= 15 is 0 Å². The van der Waals surface area contributed by atoms with Crippen LogP contribution in [0.5, 0.6) is 0 Å². The van der Waals surface area contributed by atoms with Crippen molar-refractivity contribution in [2.45, 2.75) is 89.3 Å². The minimum absolute atomic E-state index is 0.0814. The maximum atomic E-state index is 13.1. The summed E-state index contributed by atoms with van der Waals surface area (Å²) in [6.45, 7) is 9.19. The van der Waals surface area contributed by atoms with Crippen LogP contribution >= 0.6 is 0 Å². The third-order valence-corrected chi connectivity index (χ3v) is 9.06. The van der Waals surface area contributed by atoms with Crippen molar-refractivity contribution >= 4 is 18.0 Å². The Bertz CT molecular complexity index is 967. The van der Waals surface area contributed by atoms with Crippen LogP contribution in [0.25, 0.3) is 6.08 Å². The molecule has 3 heterocycles. The van der Waals surface area contributed by atoms with Crippen LogP contribution in [0.2, 0.25) is 0 Å². The maximum absolute atomic E-state index is 13.1. The fourth-order valence-electron chi connectivity index (χ4n) is 7.12. The number of rotatable bonds is 6. The lowest BCUT2D eigenvalue weighted by atomic mass is 9.69. The molecule has 2 bridgehead atoms. The lowest BCUT2D eigenvalue weighted by Crippen LogP contribution is -2.62. The van der Waals surface area contributed by atoms with E-state index < -0.39 is 23.4 Å². The molecule has 3 aliphatic heterocycles. The predicted octanol–water partition coefficient (Wildman–Crippen LogP) is 4.95. The molecule has 0 spiro atoms. The highest BCUT2D eigenvalue weighted by Crippen LogP contribution is 2.63. The van der Waals surface area contributed by atoms with Gasteiger partial charge < -0.3 is 18.9 Å². The summed E-state index contributed by atoms with van der Waals surface area (Å²) in [6.07, 6.45) is 6.16. The van der Waals surface area contributed by atoms with E-state index in [1.54, 1.807) is 6.08 Å². The molecule has 8 atom stereocenters. The molecule has 5 rings (SSSR count). The normalized spacial score (nSPS) is 40.3. The van der Waals surface area contributed by atoms with E-state index in [0.717, 1.165) is 24.8 Å². The Hall–Kier alpha value is -2.18. The van der Waals surface area contributed by atoms with Gasteiger partial charge in [0.05, 0.1) is 0 Å². The molecular formula is C29H38O6. The lowest BCUT2D eigenvalue weighted by molar-refractivity contribution is -0.265.